The molecule has 0 aliphatic heterocycles. The lowest BCUT2D eigenvalue weighted by molar-refractivity contribution is 0.00541. The van der Waals surface area contributed by atoms with Crippen LogP contribution in [0.15, 0.2) is 18.2 Å². The Morgan fingerprint density at radius 3 is 2.42 bits per heavy atom. The lowest BCUT2D eigenvalue weighted by atomic mass is 9.55. The first kappa shape index (κ1) is 18.0. The molecule has 1 nitrogen and oxygen atoms in total. The van der Waals surface area contributed by atoms with Crippen LogP contribution >= 0.6 is 0 Å². The third-order valence-corrected chi connectivity index (χ3v) is 7.93. The van der Waals surface area contributed by atoms with Crippen LogP contribution in [0.5, 0.6) is 0 Å². The molecule has 0 N–H and O–H groups in total. The largest absolute Gasteiger partial charge is 0.206 e. The molecule has 1 unspecified atom stereocenters. The number of nitriles is 1. The van der Waals surface area contributed by atoms with Gasteiger partial charge >= 0.3 is 0 Å². The van der Waals surface area contributed by atoms with Crippen LogP contribution in [0.2, 0.25) is 0 Å². The highest BCUT2D eigenvalue weighted by molar-refractivity contribution is 5.35. The second-order valence-corrected chi connectivity index (χ2v) is 9.25. The summed E-state index contributed by atoms with van der Waals surface area (Å²) in [6, 6.07) is 7.23. The molecule has 2 heteroatoms. The van der Waals surface area contributed by atoms with Gasteiger partial charge in [-0.25, -0.2) is 4.39 Å². The van der Waals surface area contributed by atoms with Crippen LogP contribution in [0.3, 0.4) is 0 Å². The lowest BCUT2D eigenvalue weighted by Crippen LogP contribution is -2.41. The summed E-state index contributed by atoms with van der Waals surface area (Å²) in [5.74, 6) is 4.88. The van der Waals surface area contributed by atoms with Gasteiger partial charge in [0.25, 0.3) is 0 Å². The van der Waals surface area contributed by atoms with E-state index in [-0.39, 0.29) is 11.4 Å². The van der Waals surface area contributed by atoms with Crippen molar-refractivity contribution in [2.45, 2.75) is 77.0 Å². The van der Waals surface area contributed by atoms with E-state index in [1.54, 1.807) is 12.1 Å². The normalized spacial score (nSPS) is 36.7. The Hall–Kier alpha value is -1.36. The molecule has 3 aliphatic carbocycles. The molecule has 3 aliphatic rings. The van der Waals surface area contributed by atoms with Crippen molar-refractivity contribution in [2.75, 3.05) is 0 Å². The van der Waals surface area contributed by atoms with Crippen molar-refractivity contribution < 1.29 is 4.39 Å². The van der Waals surface area contributed by atoms with Crippen LogP contribution in [0.4, 0.5) is 4.39 Å². The molecule has 6 atom stereocenters. The average Bonchev–Trinajstić information content (AvgIpc) is 2.67. The third-order valence-electron chi connectivity index (χ3n) is 7.93. The first-order valence-corrected chi connectivity index (χ1v) is 10.9. The number of rotatable bonds is 3. The number of hydrogen-bond acceptors (Lipinski definition) is 1. The van der Waals surface area contributed by atoms with E-state index in [0.717, 1.165) is 35.2 Å². The minimum absolute atomic E-state index is 0.173. The summed E-state index contributed by atoms with van der Waals surface area (Å²) >= 11 is 0. The molecule has 1 aromatic rings. The summed E-state index contributed by atoms with van der Waals surface area (Å²) in [6.45, 7) is 2.33. The van der Waals surface area contributed by atoms with E-state index >= 15 is 0 Å². The lowest BCUT2D eigenvalue weighted by Gasteiger charge is -2.51. The topological polar surface area (TPSA) is 23.8 Å². The summed E-state index contributed by atoms with van der Waals surface area (Å²) in [6.07, 6.45) is 13.8. The molecule has 0 bridgehead atoms. The zero-order chi connectivity index (χ0) is 18.1. The summed E-state index contributed by atoms with van der Waals surface area (Å²) in [7, 11) is 0. The SMILES string of the molecule is CCC[C@@H]1CC[C@H]2[C@@H](CC[C@@H]3CC(c4ccc(C#N)c(F)c4)CC[C@H]32)C1. The van der Waals surface area contributed by atoms with Crippen molar-refractivity contribution in [1.82, 2.24) is 0 Å². The summed E-state index contributed by atoms with van der Waals surface area (Å²) in [5.41, 5.74) is 1.29. The van der Waals surface area contributed by atoms with Gasteiger partial charge in [-0.1, -0.05) is 32.3 Å². The number of nitrogens with zero attached hydrogens (tertiary/aromatic N) is 1. The van der Waals surface area contributed by atoms with Crippen molar-refractivity contribution in [3.8, 4) is 6.07 Å². The number of fused-ring (bicyclic) bond motifs is 3. The summed E-state index contributed by atoms with van der Waals surface area (Å²) in [5, 5.41) is 8.95. The second kappa shape index (κ2) is 7.71. The predicted molar refractivity (Wildman–Crippen MR) is 103 cm³/mol. The maximum Gasteiger partial charge on any atom is 0.141 e. The van der Waals surface area contributed by atoms with Gasteiger partial charge < -0.3 is 0 Å². The Bertz CT molecular complexity index is 675. The molecule has 0 aromatic heterocycles. The van der Waals surface area contributed by atoms with Crippen LogP contribution in [0.25, 0.3) is 0 Å². The summed E-state index contributed by atoms with van der Waals surface area (Å²) in [4.78, 5) is 0. The first-order valence-electron chi connectivity index (χ1n) is 10.9. The van der Waals surface area contributed by atoms with Gasteiger partial charge in [0.05, 0.1) is 5.56 Å². The van der Waals surface area contributed by atoms with E-state index in [0.29, 0.717) is 5.92 Å². The standard InChI is InChI=1S/C24H32FN/c1-2-3-16-4-10-22-19(12-16)6-7-20-13-17(9-11-23(20)22)18-5-8-21(15-26)24(25)14-18/h5,8,14,16-17,19-20,22-23H,2-4,6-7,9-13H2,1H3/t16-,17?,19+,20-,22+,23-/m1/s1. The van der Waals surface area contributed by atoms with E-state index in [1.807, 2.05) is 12.1 Å². The van der Waals surface area contributed by atoms with Gasteiger partial charge in [-0.3, -0.25) is 0 Å². The van der Waals surface area contributed by atoms with Crippen molar-refractivity contribution >= 4 is 0 Å². The van der Waals surface area contributed by atoms with Crippen molar-refractivity contribution in [2.24, 2.45) is 29.6 Å². The van der Waals surface area contributed by atoms with Gasteiger partial charge in [0, 0.05) is 0 Å². The van der Waals surface area contributed by atoms with Crippen molar-refractivity contribution in [3.63, 3.8) is 0 Å². The minimum atomic E-state index is -0.343. The fourth-order valence-corrected chi connectivity index (χ4v) is 6.74. The number of hydrogen-bond donors (Lipinski definition) is 0. The molecule has 0 amide bonds. The highest BCUT2D eigenvalue weighted by Gasteiger charge is 2.44. The maximum atomic E-state index is 14.0. The van der Waals surface area contributed by atoms with E-state index in [4.69, 9.17) is 5.26 Å². The summed E-state index contributed by atoms with van der Waals surface area (Å²) < 4.78 is 14.0. The first-order chi connectivity index (χ1) is 12.7. The zero-order valence-electron chi connectivity index (χ0n) is 16.1. The molecule has 4 rings (SSSR count). The molecule has 26 heavy (non-hydrogen) atoms. The molecule has 0 heterocycles. The quantitative estimate of drug-likeness (QED) is 0.584. The van der Waals surface area contributed by atoms with Crippen LogP contribution in [0.1, 0.15) is 88.2 Å². The highest BCUT2D eigenvalue weighted by atomic mass is 19.1. The van der Waals surface area contributed by atoms with Crippen LogP contribution in [-0.4, -0.2) is 0 Å². The second-order valence-electron chi connectivity index (χ2n) is 9.25. The Balaban J connectivity index is 1.42. The average molecular weight is 354 g/mol. The van der Waals surface area contributed by atoms with Crippen molar-refractivity contribution in [3.05, 3.63) is 35.1 Å². The molecule has 0 saturated heterocycles. The molecular weight excluding hydrogens is 321 g/mol. The Kier molecular flexibility index (Phi) is 5.35. The monoisotopic (exact) mass is 353 g/mol. The molecule has 1 aromatic carbocycles. The van der Waals surface area contributed by atoms with Gasteiger partial charge in [-0.2, -0.15) is 5.26 Å². The Labute approximate surface area is 158 Å². The highest BCUT2D eigenvalue weighted by Crippen LogP contribution is 2.55. The van der Waals surface area contributed by atoms with E-state index in [9.17, 15) is 4.39 Å². The van der Waals surface area contributed by atoms with E-state index in [1.165, 1.54) is 64.2 Å². The van der Waals surface area contributed by atoms with Crippen molar-refractivity contribution in [1.29, 1.82) is 5.26 Å². The maximum absolute atomic E-state index is 14.0. The third kappa shape index (κ3) is 3.42. The Morgan fingerprint density at radius 2 is 1.73 bits per heavy atom. The number of benzene rings is 1. The smallest absolute Gasteiger partial charge is 0.141 e. The van der Waals surface area contributed by atoms with Gasteiger partial charge in [-0.05, 0) is 98.1 Å². The van der Waals surface area contributed by atoms with Gasteiger partial charge in [0.15, 0.2) is 0 Å². The molecule has 0 radical (unpaired) electrons. The van der Waals surface area contributed by atoms with Crippen LogP contribution < -0.4 is 0 Å². The fourth-order valence-electron chi connectivity index (χ4n) is 6.74. The molecule has 140 valence electrons. The fraction of sp³-hybridized carbons (Fsp3) is 0.708. The van der Waals surface area contributed by atoms with E-state index < -0.39 is 0 Å². The van der Waals surface area contributed by atoms with Gasteiger partial charge in [-0.15, -0.1) is 0 Å². The van der Waals surface area contributed by atoms with Gasteiger partial charge in [0.1, 0.15) is 11.9 Å². The predicted octanol–water partition coefficient (Wildman–Crippen LogP) is 6.82. The van der Waals surface area contributed by atoms with Gasteiger partial charge in [0.2, 0.25) is 0 Å². The van der Waals surface area contributed by atoms with Crippen LogP contribution in [-0.2, 0) is 0 Å². The number of halogens is 1. The molecule has 3 fully saturated rings. The zero-order valence-corrected chi connectivity index (χ0v) is 16.1. The van der Waals surface area contributed by atoms with E-state index in [2.05, 4.69) is 6.92 Å². The Morgan fingerprint density at radius 1 is 1.00 bits per heavy atom. The molecule has 3 saturated carbocycles. The van der Waals surface area contributed by atoms with Crippen LogP contribution in [0, 0.1) is 46.7 Å². The molecule has 0 spiro atoms. The minimum Gasteiger partial charge on any atom is -0.206 e. The molecular formula is C24H32FN.